The highest BCUT2D eigenvalue weighted by atomic mass is 19.1. The normalized spacial score (nSPS) is 10.4. The fraction of sp³-hybridized carbons (Fsp3) is 0.538. The summed E-state index contributed by atoms with van der Waals surface area (Å²) in [4.78, 5) is 0. The van der Waals surface area contributed by atoms with Crippen LogP contribution in [0.1, 0.15) is 25.3 Å². The van der Waals surface area contributed by atoms with Crippen LogP contribution in [0.3, 0.4) is 0 Å². The van der Waals surface area contributed by atoms with Crippen LogP contribution in [0.15, 0.2) is 24.3 Å². The molecular weight excluding hydrogens is 205 g/mol. The molecule has 0 saturated carbocycles. The molecule has 0 radical (unpaired) electrons. The van der Waals surface area contributed by atoms with E-state index in [0.29, 0.717) is 6.42 Å². The second kappa shape index (κ2) is 8.11. The summed E-state index contributed by atoms with van der Waals surface area (Å²) in [6.07, 6.45) is 1.59. The van der Waals surface area contributed by atoms with Crippen LogP contribution >= 0.6 is 0 Å². The van der Waals surface area contributed by atoms with Gasteiger partial charge in [0.1, 0.15) is 5.75 Å². The van der Waals surface area contributed by atoms with Gasteiger partial charge in [-0.05, 0) is 37.1 Å². The van der Waals surface area contributed by atoms with Crippen molar-refractivity contribution in [3.8, 4) is 5.75 Å². The van der Waals surface area contributed by atoms with Gasteiger partial charge in [-0.15, -0.1) is 0 Å². The van der Waals surface area contributed by atoms with Gasteiger partial charge in [-0.2, -0.15) is 0 Å². The lowest BCUT2D eigenvalue weighted by Crippen LogP contribution is -2.15. The summed E-state index contributed by atoms with van der Waals surface area (Å²) in [7, 11) is 0. The molecular formula is C13H20FNO. The molecule has 1 rings (SSSR count). The van der Waals surface area contributed by atoms with Gasteiger partial charge in [0, 0.05) is 6.54 Å². The Morgan fingerprint density at radius 1 is 1.38 bits per heavy atom. The SMILES string of the molecule is CCCOc1cccc(CNCCCF)c1. The first-order valence-electron chi connectivity index (χ1n) is 5.85. The van der Waals surface area contributed by atoms with Crippen LogP contribution in [-0.2, 0) is 6.54 Å². The minimum atomic E-state index is -0.257. The maximum absolute atomic E-state index is 11.9. The van der Waals surface area contributed by atoms with E-state index in [-0.39, 0.29) is 6.67 Å². The third-order valence-corrected chi connectivity index (χ3v) is 2.19. The Bertz CT molecular complexity index is 291. The molecule has 90 valence electrons. The molecule has 1 N–H and O–H groups in total. The highest BCUT2D eigenvalue weighted by Crippen LogP contribution is 2.13. The molecule has 0 aliphatic rings. The predicted octanol–water partition coefficient (Wildman–Crippen LogP) is 2.92. The van der Waals surface area contributed by atoms with Crippen molar-refractivity contribution in [3.05, 3.63) is 29.8 Å². The van der Waals surface area contributed by atoms with Crippen molar-refractivity contribution in [2.24, 2.45) is 0 Å². The minimum Gasteiger partial charge on any atom is -0.494 e. The average molecular weight is 225 g/mol. The molecule has 0 spiro atoms. The molecule has 3 heteroatoms. The summed E-state index contributed by atoms with van der Waals surface area (Å²) in [5, 5.41) is 3.19. The lowest BCUT2D eigenvalue weighted by atomic mass is 10.2. The van der Waals surface area contributed by atoms with Crippen molar-refractivity contribution in [1.82, 2.24) is 5.32 Å². The average Bonchev–Trinajstić information content (AvgIpc) is 2.33. The quantitative estimate of drug-likeness (QED) is 0.687. The monoisotopic (exact) mass is 225 g/mol. The topological polar surface area (TPSA) is 21.3 Å². The van der Waals surface area contributed by atoms with E-state index in [0.717, 1.165) is 31.9 Å². The molecule has 16 heavy (non-hydrogen) atoms. The van der Waals surface area contributed by atoms with Crippen molar-refractivity contribution in [2.45, 2.75) is 26.3 Å². The van der Waals surface area contributed by atoms with E-state index in [1.165, 1.54) is 5.56 Å². The van der Waals surface area contributed by atoms with E-state index in [4.69, 9.17) is 4.74 Å². The van der Waals surface area contributed by atoms with Crippen LogP contribution in [0.4, 0.5) is 4.39 Å². The van der Waals surface area contributed by atoms with Gasteiger partial charge in [0.25, 0.3) is 0 Å². The summed E-state index contributed by atoms with van der Waals surface area (Å²) in [6, 6.07) is 8.01. The first kappa shape index (κ1) is 13.0. The maximum Gasteiger partial charge on any atom is 0.119 e. The molecule has 0 unspecified atom stereocenters. The van der Waals surface area contributed by atoms with Crippen molar-refractivity contribution in [3.63, 3.8) is 0 Å². The van der Waals surface area contributed by atoms with Gasteiger partial charge in [0.05, 0.1) is 13.3 Å². The van der Waals surface area contributed by atoms with Gasteiger partial charge in [-0.1, -0.05) is 19.1 Å². The van der Waals surface area contributed by atoms with Crippen LogP contribution < -0.4 is 10.1 Å². The predicted molar refractivity (Wildman–Crippen MR) is 64.5 cm³/mol. The molecule has 1 aromatic rings. The number of halogens is 1. The third-order valence-electron chi connectivity index (χ3n) is 2.19. The number of benzene rings is 1. The Balaban J connectivity index is 2.35. The van der Waals surface area contributed by atoms with E-state index < -0.39 is 0 Å². The van der Waals surface area contributed by atoms with E-state index in [2.05, 4.69) is 12.2 Å². The number of nitrogens with one attached hydrogen (secondary N) is 1. The van der Waals surface area contributed by atoms with Gasteiger partial charge in [0.15, 0.2) is 0 Å². The van der Waals surface area contributed by atoms with Crippen molar-refractivity contribution in [1.29, 1.82) is 0 Å². The number of rotatable bonds is 8. The van der Waals surface area contributed by atoms with E-state index in [1.807, 2.05) is 24.3 Å². The fourth-order valence-corrected chi connectivity index (χ4v) is 1.39. The molecule has 0 aliphatic carbocycles. The number of alkyl halides is 1. The van der Waals surface area contributed by atoms with Crippen LogP contribution in [0, 0.1) is 0 Å². The summed E-state index contributed by atoms with van der Waals surface area (Å²) in [5.74, 6) is 0.909. The highest BCUT2D eigenvalue weighted by molar-refractivity contribution is 5.28. The molecule has 0 heterocycles. The van der Waals surface area contributed by atoms with Crippen LogP contribution in [-0.4, -0.2) is 19.8 Å². The van der Waals surface area contributed by atoms with Gasteiger partial charge < -0.3 is 10.1 Å². The van der Waals surface area contributed by atoms with E-state index >= 15 is 0 Å². The zero-order chi connectivity index (χ0) is 11.6. The molecule has 0 saturated heterocycles. The van der Waals surface area contributed by atoms with Crippen molar-refractivity contribution in [2.75, 3.05) is 19.8 Å². The largest absolute Gasteiger partial charge is 0.494 e. The third kappa shape index (κ3) is 5.12. The van der Waals surface area contributed by atoms with E-state index in [9.17, 15) is 4.39 Å². The molecule has 0 aromatic heterocycles. The second-order valence-electron chi connectivity index (χ2n) is 3.72. The zero-order valence-corrected chi connectivity index (χ0v) is 9.84. The minimum absolute atomic E-state index is 0.257. The zero-order valence-electron chi connectivity index (χ0n) is 9.84. The lowest BCUT2D eigenvalue weighted by molar-refractivity contribution is 0.317. The number of ether oxygens (including phenoxy) is 1. The molecule has 1 aromatic carbocycles. The van der Waals surface area contributed by atoms with Gasteiger partial charge >= 0.3 is 0 Å². The van der Waals surface area contributed by atoms with Gasteiger partial charge in [-0.3, -0.25) is 4.39 Å². The maximum atomic E-state index is 11.9. The first-order chi connectivity index (χ1) is 7.86. The summed E-state index contributed by atoms with van der Waals surface area (Å²) < 4.78 is 17.4. The Morgan fingerprint density at radius 2 is 2.25 bits per heavy atom. The summed E-state index contributed by atoms with van der Waals surface area (Å²) in [6.45, 7) is 4.06. The van der Waals surface area contributed by atoms with E-state index in [1.54, 1.807) is 0 Å². The Morgan fingerprint density at radius 3 is 3.00 bits per heavy atom. The standard InChI is InChI=1S/C13H20FNO/c1-2-9-16-13-6-3-5-12(10-13)11-15-8-4-7-14/h3,5-6,10,15H,2,4,7-9,11H2,1H3. The molecule has 0 aliphatic heterocycles. The second-order valence-corrected chi connectivity index (χ2v) is 3.72. The highest BCUT2D eigenvalue weighted by Gasteiger charge is 1.96. The Kier molecular flexibility index (Phi) is 6.58. The molecule has 0 atom stereocenters. The van der Waals surface area contributed by atoms with Crippen molar-refractivity contribution >= 4 is 0 Å². The number of hydrogen-bond acceptors (Lipinski definition) is 2. The number of hydrogen-bond donors (Lipinski definition) is 1. The Hall–Kier alpha value is -1.09. The first-order valence-corrected chi connectivity index (χ1v) is 5.85. The Labute approximate surface area is 96.8 Å². The van der Waals surface area contributed by atoms with Crippen LogP contribution in [0.2, 0.25) is 0 Å². The smallest absolute Gasteiger partial charge is 0.119 e. The lowest BCUT2D eigenvalue weighted by Gasteiger charge is -2.07. The molecule has 0 bridgehead atoms. The molecule has 0 amide bonds. The summed E-state index contributed by atoms with van der Waals surface area (Å²) in [5.41, 5.74) is 1.17. The summed E-state index contributed by atoms with van der Waals surface area (Å²) >= 11 is 0. The van der Waals surface area contributed by atoms with Crippen molar-refractivity contribution < 1.29 is 9.13 Å². The van der Waals surface area contributed by atoms with Gasteiger partial charge in [0.2, 0.25) is 0 Å². The van der Waals surface area contributed by atoms with Crippen LogP contribution in [0.25, 0.3) is 0 Å². The fourth-order valence-electron chi connectivity index (χ4n) is 1.39. The van der Waals surface area contributed by atoms with Gasteiger partial charge in [-0.25, -0.2) is 0 Å². The molecule has 2 nitrogen and oxygen atoms in total. The molecule has 0 fully saturated rings. The van der Waals surface area contributed by atoms with Crippen LogP contribution in [0.5, 0.6) is 5.75 Å².